The van der Waals surface area contributed by atoms with Crippen molar-refractivity contribution in [1.82, 2.24) is 10.2 Å². The van der Waals surface area contributed by atoms with E-state index in [-0.39, 0.29) is 17.9 Å². The standard InChI is InChI=1S/C19H35N3O2S/c20-12-5-2-6-13-21-19(24)17-14-25-15-22(17)18(23)11-7-10-16-8-3-1-4-9-16/h16-17H,1-15,20H2,(H,21,24). The number of hydrogen-bond donors (Lipinski definition) is 2. The lowest BCUT2D eigenvalue weighted by atomic mass is 9.86. The van der Waals surface area contributed by atoms with E-state index in [4.69, 9.17) is 5.73 Å². The molecular formula is C19H35N3O2S. The minimum absolute atomic E-state index is 0.0124. The van der Waals surface area contributed by atoms with Crippen LogP contribution in [0.2, 0.25) is 0 Å². The molecule has 2 fully saturated rings. The van der Waals surface area contributed by atoms with Gasteiger partial charge in [-0.25, -0.2) is 0 Å². The molecule has 0 spiro atoms. The van der Waals surface area contributed by atoms with Gasteiger partial charge in [-0.1, -0.05) is 38.5 Å². The van der Waals surface area contributed by atoms with Gasteiger partial charge in [-0.2, -0.15) is 0 Å². The highest BCUT2D eigenvalue weighted by Crippen LogP contribution is 2.28. The third-order valence-corrected chi connectivity index (χ3v) is 6.43. The highest BCUT2D eigenvalue weighted by molar-refractivity contribution is 7.99. The second-order valence-corrected chi connectivity index (χ2v) is 8.42. The summed E-state index contributed by atoms with van der Waals surface area (Å²) in [6.45, 7) is 1.39. The van der Waals surface area contributed by atoms with Crippen molar-refractivity contribution in [2.24, 2.45) is 11.7 Å². The quantitative estimate of drug-likeness (QED) is 0.581. The van der Waals surface area contributed by atoms with Crippen molar-refractivity contribution in [1.29, 1.82) is 0 Å². The molecule has 25 heavy (non-hydrogen) atoms. The summed E-state index contributed by atoms with van der Waals surface area (Å²) in [6, 6.07) is -0.276. The molecule has 0 aromatic rings. The predicted octanol–water partition coefficient (Wildman–Crippen LogP) is 2.88. The van der Waals surface area contributed by atoms with Crippen molar-refractivity contribution in [2.45, 2.75) is 76.7 Å². The Morgan fingerprint density at radius 2 is 1.88 bits per heavy atom. The molecule has 5 nitrogen and oxygen atoms in total. The normalized spacial score (nSPS) is 21.5. The Hall–Kier alpha value is -0.750. The van der Waals surface area contributed by atoms with Crippen LogP contribution in [-0.2, 0) is 9.59 Å². The third-order valence-electron chi connectivity index (χ3n) is 5.41. The highest BCUT2D eigenvalue weighted by Gasteiger charge is 2.34. The van der Waals surface area contributed by atoms with Crippen molar-refractivity contribution < 1.29 is 9.59 Å². The molecule has 1 heterocycles. The SMILES string of the molecule is NCCCCCNC(=O)C1CSCN1C(=O)CCCC1CCCCC1. The number of nitrogens with zero attached hydrogens (tertiary/aromatic N) is 1. The lowest BCUT2D eigenvalue weighted by Crippen LogP contribution is -2.47. The first-order valence-corrected chi connectivity index (χ1v) is 11.2. The van der Waals surface area contributed by atoms with Crippen molar-refractivity contribution in [3.05, 3.63) is 0 Å². The number of nitrogens with one attached hydrogen (secondary N) is 1. The summed E-state index contributed by atoms with van der Waals surface area (Å²) in [5, 5.41) is 2.99. The van der Waals surface area contributed by atoms with Gasteiger partial charge in [-0.3, -0.25) is 9.59 Å². The Kier molecular flexibility index (Phi) is 9.69. The van der Waals surface area contributed by atoms with Crippen molar-refractivity contribution in [3.63, 3.8) is 0 Å². The zero-order valence-electron chi connectivity index (χ0n) is 15.5. The number of nitrogens with two attached hydrogens (primary N) is 1. The monoisotopic (exact) mass is 369 g/mol. The van der Waals surface area contributed by atoms with Gasteiger partial charge in [-0.15, -0.1) is 11.8 Å². The molecule has 144 valence electrons. The average Bonchev–Trinajstić information content (AvgIpc) is 3.12. The van der Waals surface area contributed by atoms with Gasteiger partial charge in [0.25, 0.3) is 0 Å². The van der Waals surface area contributed by atoms with Crippen molar-refractivity contribution in [3.8, 4) is 0 Å². The zero-order chi connectivity index (χ0) is 17.9. The van der Waals surface area contributed by atoms with E-state index in [1.807, 2.05) is 0 Å². The molecule has 0 bridgehead atoms. The van der Waals surface area contributed by atoms with E-state index in [9.17, 15) is 9.59 Å². The number of unbranched alkanes of at least 4 members (excludes halogenated alkanes) is 2. The van der Waals surface area contributed by atoms with Gasteiger partial charge >= 0.3 is 0 Å². The minimum Gasteiger partial charge on any atom is -0.354 e. The van der Waals surface area contributed by atoms with E-state index in [0.717, 1.165) is 37.4 Å². The van der Waals surface area contributed by atoms with Gasteiger partial charge in [0.1, 0.15) is 6.04 Å². The average molecular weight is 370 g/mol. The highest BCUT2D eigenvalue weighted by atomic mass is 32.2. The fraction of sp³-hybridized carbons (Fsp3) is 0.895. The number of thioether (sulfide) groups is 1. The maximum Gasteiger partial charge on any atom is 0.243 e. The van der Waals surface area contributed by atoms with Crippen molar-refractivity contribution in [2.75, 3.05) is 24.7 Å². The molecule has 2 aliphatic rings. The summed E-state index contributed by atoms with van der Waals surface area (Å²) in [5.74, 6) is 2.38. The molecule has 1 aliphatic heterocycles. The summed E-state index contributed by atoms with van der Waals surface area (Å²) in [4.78, 5) is 26.7. The maximum absolute atomic E-state index is 12.5. The van der Waals surface area contributed by atoms with Crippen LogP contribution in [0.3, 0.4) is 0 Å². The van der Waals surface area contributed by atoms with Gasteiger partial charge in [0.15, 0.2) is 0 Å². The molecule has 1 aliphatic carbocycles. The summed E-state index contributed by atoms with van der Waals surface area (Å²) in [5.41, 5.74) is 5.47. The van der Waals surface area contributed by atoms with Crippen LogP contribution >= 0.6 is 11.8 Å². The van der Waals surface area contributed by atoms with E-state index in [0.29, 0.717) is 25.4 Å². The number of hydrogen-bond acceptors (Lipinski definition) is 4. The summed E-state index contributed by atoms with van der Waals surface area (Å²) in [6.07, 6.45) is 12.5. The number of carbonyl (C=O) groups excluding carboxylic acids is 2. The lowest BCUT2D eigenvalue weighted by Gasteiger charge is -2.24. The van der Waals surface area contributed by atoms with Crippen LogP contribution in [0.4, 0.5) is 0 Å². The lowest BCUT2D eigenvalue weighted by molar-refractivity contribution is -0.138. The molecule has 1 saturated heterocycles. The molecule has 0 radical (unpaired) electrons. The van der Waals surface area contributed by atoms with Gasteiger partial charge in [0.2, 0.25) is 11.8 Å². The maximum atomic E-state index is 12.5. The fourth-order valence-corrected chi connectivity index (χ4v) is 5.02. The Labute approximate surface area is 156 Å². The fourth-order valence-electron chi connectivity index (χ4n) is 3.84. The first-order valence-electron chi connectivity index (χ1n) is 10.1. The number of amides is 2. The van der Waals surface area contributed by atoms with Crippen LogP contribution < -0.4 is 11.1 Å². The molecule has 1 atom stereocenters. The predicted molar refractivity (Wildman–Crippen MR) is 104 cm³/mol. The second kappa shape index (κ2) is 11.8. The van der Waals surface area contributed by atoms with Gasteiger partial charge in [0, 0.05) is 18.7 Å². The van der Waals surface area contributed by atoms with E-state index >= 15 is 0 Å². The topological polar surface area (TPSA) is 75.4 Å². The van der Waals surface area contributed by atoms with Crippen LogP contribution in [0.5, 0.6) is 0 Å². The largest absolute Gasteiger partial charge is 0.354 e. The van der Waals surface area contributed by atoms with Crippen LogP contribution in [-0.4, -0.2) is 47.5 Å². The molecule has 2 amide bonds. The first-order chi connectivity index (χ1) is 12.2. The molecule has 2 rings (SSSR count). The van der Waals surface area contributed by atoms with E-state index in [2.05, 4.69) is 5.32 Å². The minimum atomic E-state index is -0.276. The van der Waals surface area contributed by atoms with Gasteiger partial charge in [-0.05, 0) is 38.1 Å². The Balaban J connectivity index is 1.66. The van der Waals surface area contributed by atoms with Crippen LogP contribution in [0.1, 0.15) is 70.6 Å². The van der Waals surface area contributed by atoms with Gasteiger partial charge in [0.05, 0.1) is 5.88 Å². The molecule has 6 heteroatoms. The molecule has 0 aromatic carbocycles. The first kappa shape index (κ1) is 20.6. The zero-order valence-corrected chi connectivity index (χ0v) is 16.3. The molecule has 3 N–H and O–H groups in total. The van der Waals surface area contributed by atoms with Crippen LogP contribution in [0.15, 0.2) is 0 Å². The smallest absolute Gasteiger partial charge is 0.243 e. The molecular weight excluding hydrogens is 334 g/mol. The summed E-state index contributed by atoms with van der Waals surface area (Å²) in [7, 11) is 0. The number of carbonyl (C=O) groups is 2. The number of rotatable bonds is 10. The van der Waals surface area contributed by atoms with Crippen molar-refractivity contribution >= 4 is 23.6 Å². The Morgan fingerprint density at radius 3 is 2.64 bits per heavy atom. The van der Waals surface area contributed by atoms with E-state index in [1.165, 1.54) is 38.5 Å². The molecule has 0 aromatic heterocycles. The summed E-state index contributed by atoms with van der Waals surface area (Å²) >= 11 is 1.68. The second-order valence-electron chi connectivity index (χ2n) is 7.42. The third kappa shape index (κ3) is 7.18. The Bertz CT molecular complexity index is 413. The van der Waals surface area contributed by atoms with E-state index < -0.39 is 0 Å². The van der Waals surface area contributed by atoms with Crippen LogP contribution in [0.25, 0.3) is 0 Å². The Morgan fingerprint density at radius 1 is 1.08 bits per heavy atom. The van der Waals surface area contributed by atoms with Gasteiger partial charge < -0.3 is 16.0 Å². The summed E-state index contributed by atoms with van der Waals surface area (Å²) < 4.78 is 0. The van der Waals surface area contributed by atoms with Crippen LogP contribution in [0, 0.1) is 5.92 Å². The molecule has 1 saturated carbocycles. The molecule has 1 unspecified atom stereocenters. The van der Waals surface area contributed by atoms with E-state index in [1.54, 1.807) is 16.7 Å².